The van der Waals surface area contributed by atoms with Crippen molar-refractivity contribution in [1.29, 1.82) is 0 Å². The van der Waals surface area contributed by atoms with E-state index in [2.05, 4.69) is 4.98 Å². The molecule has 2 aromatic carbocycles. The monoisotopic (exact) mass is 308 g/mol. The van der Waals surface area contributed by atoms with E-state index < -0.39 is 0 Å². The number of nitrogens with one attached hydrogen (secondary N) is 1. The fourth-order valence-electron chi connectivity index (χ4n) is 2.15. The van der Waals surface area contributed by atoms with Gasteiger partial charge in [0.05, 0.1) is 23.8 Å². The Morgan fingerprint density at radius 3 is 2.80 bits per heavy atom. The summed E-state index contributed by atoms with van der Waals surface area (Å²) in [7, 11) is 1.56. The second-order valence-corrected chi connectivity index (χ2v) is 5.07. The van der Waals surface area contributed by atoms with Gasteiger partial charge in [0.15, 0.2) is 4.77 Å². The molecular weight excluding hydrogens is 299 g/mol. The van der Waals surface area contributed by atoms with Crippen molar-refractivity contribution in [2.24, 2.45) is 0 Å². The van der Waals surface area contributed by atoms with Crippen LogP contribution in [0.4, 0.5) is 4.39 Å². The van der Waals surface area contributed by atoms with Gasteiger partial charge in [-0.05, 0) is 42.5 Å². The van der Waals surface area contributed by atoms with Crippen LogP contribution in [-0.4, -0.2) is 16.7 Å². The molecule has 0 radical (unpaired) electrons. The fraction of sp³-hybridized carbons (Fsp3) is 0.0714. The Morgan fingerprint density at radius 2 is 2.05 bits per heavy atom. The Kier molecular flexibility index (Phi) is 3.23. The van der Waals surface area contributed by atoms with Gasteiger partial charge in [-0.25, -0.2) is 4.39 Å². The summed E-state index contributed by atoms with van der Waals surface area (Å²) in [6.45, 7) is 0. The van der Waals surface area contributed by atoms with Gasteiger partial charge < -0.3 is 9.72 Å². The summed E-state index contributed by atoms with van der Waals surface area (Å²) in [6, 6.07) is 9.65. The van der Waals surface area contributed by atoms with Crippen molar-refractivity contribution in [1.82, 2.24) is 9.55 Å². The molecule has 0 saturated carbocycles. The molecule has 0 unspecified atom stereocenters. The second-order valence-electron chi connectivity index (χ2n) is 4.24. The number of aromatic amines is 1. The van der Waals surface area contributed by atoms with Crippen LogP contribution in [0.15, 0.2) is 36.4 Å². The van der Waals surface area contributed by atoms with Gasteiger partial charge in [-0.3, -0.25) is 4.57 Å². The number of halogens is 2. The SMILES string of the molecule is COc1ccc(Cl)cc1-n1c(=S)[nH]c2ccc(F)cc21. The highest BCUT2D eigenvalue weighted by molar-refractivity contribution is 7.71. The van der Waals surface area contributed by atoms with E-state index in [0.29, 0.717) is 26.7 Å². The van der Waals surface area contributed by atoms with Gasteiger partial charge in [0.25, 0.3) is 0 Å². The highest BCUT2D eigenvalue weighted by Gasteiger charge is 2.12. The van der Waals surface area contributed by atoms with Gasteiger partial charge in [-0.1, -0.05) is 11.6 Å². The predicted molar refractivity (Wildman–Crippen MR) is 80.0 cm³/mol. The van der Waals surface area contributed by atoms with Crippen molar-refractivity contribution in [3.05, 3.63) is 52.0 Å². The molecule has 20 heavy (non-hydrogen) atoms. The fourth-order valence-corrected chi connectivity index (χ4v) is 2.63. The van der Waals surface area contributed by atoms with E-state index in [1.54, 1.807) is 35.9 Å². The number of H-pyrrole nitrogens is 1. The van der Waals surface area contributed by atoms with Gasteiger partial charge in [-0.15, -0.1) is 0 Å². The molecule has 0 amide bonds. The average molecular weight is 309 g/mol. The number of rotatable bonds is 2. The number of fused-ring (bicyclic) bond motifs is 1. The molecule has 0 atom stereocenters. The molecule has 1 aromatic heterocycles. The van der Waals surface area contributed by atoms with E-state index >= 15 is 0 Å². The van der Waals surface area contributed by atoms with Crippen LogP contribution in [-0.2, 0) is 0 Å². The molecule has 3 aromatic rings. The van der Waals surface area contributed by atoms with Gasteiger partial charge >= 0.3 is 0 Å². The van der Waals surface area contributed by atoms with E-state index in [9.17, 15) is 4.39 Å². The summed E-state index contributed by atoms with van der Waals surface area (Å²) in [5.41, 5.74) is 2.05. The molecule has 0 aliphatic rings. The summed E-state index contributed by atoms with van der Waals surface area (Å²) in [5, 5.41) is 0.549. The Hall–Kier alpha value is -1.85. The van der Waals surface area contributed by atoms with E-state index in [0.717, 1.165) is 5.52 Å². The lowest BCUT2D eigenvalue weighted by atomic mass is 10.2. The summed E-state index contributed by atoms with van der Waals surface area (Å²) >= 11 is 11.4. The summed E-state index contributed by atoms with van der Waals surface area (Å²) in [5.74, 6) is 0.275. The zero-order valence-corrected chi connectivity index (χ0v) is 12.1. The number of hydrogen-bond acceptors (Lipinski definition) is 2. The third-order valence-corrected chi connectivity index (χ3v) is 3.55. The largest absolute Gasteiger partial charge is 0.495 e. The van der Waals surface area contributed by atoms with Crippen LogP contribution >= 0.6 is 23.8 Å². The van der Waals surface area contributed by atoms with Crippen molar-refractivity contribution in [2.45, 2.75) is 0 Å². The van der Waals surface area contributed by atoms with Crippen LogP contribution in [0.5, 0.6) is 5.75 Å². The molecule has 0 aliphatic heterocycles. The molecular formula is C14H10ClFN2OS. The third kappa shape index (κ3) is 2.09. The first kappa shape index (κ1) is 13.1. The Labute approximate surface area is 124 Å². The molecule has 102 valence electrons. The highest BCUT2D eigenvalue weighted by atomic mass is 35.5. The zero-order chi connectivity index (χ0) is 14.3. The zero-order valence-electron chi connectivity index (χ0n) is 10.5. The van der Waals surface area contributed by atoms with Crippen molar-refractivity contribution in [3.63, 3.8) is 0 Å². The first-order valence-electron chi connectivity index (χ1n) is 5.84. The Morgan fingerprint density at radius 1 is 1.25 bits per heavy atom. The number of ether oxygens (including phenoxy) is 1. The summed E-state index contributed by atoms with van der Waals surface area (Å²) in [6.07, 6.45) is 0. The van der Waals surface area contributed by atoms with Crippen LogP contribution in [0.3, 0.4) is 0 Å². The smallest absolute Gasteiger partial charge is 0.182 e. The Balaban J connectivity index is 2.40. The number of methoxy groups -OCH3 is 1. The van der Waals surface area contributed by atoms with Crippen molar-refractivity contribution in [3.8, 4) is 11.4 Å². The maximum Gasteiger partial charge on any atom is 0.182 e. The third-order valence-electron chi connectivity index (χ3n) is 3.03. The highest BCUT2D eigenvalue weighted by Crippen LogP contribution is 2.30. The number of aromatic nitrogens is 2. The van der Waals surface area contributed by atoms with Crippen LogP contribution in [0.2, 0.25) is 5.02 Å². The minimum atomic E-state index is -0.332. The minimum Gasteiger partial charge on any atom is -0.495 e. The topological polar surface area (TPSA) is 29.9 Å². The summed E-state index contributed by atoms with van der Waals surface area (Å²) in [4.78, 5) is 3.04. The van der Waals surface area contributed by atoms with Crippen molar-refractivity contribution >= 4 is 34.9 Å². The lowest BCUT2D eigenvalue weighted by molar-refractivity contribution is 0.413. The molecule has 6 heteroatoms. The first-order chi connectivity index (χ1) is 9.60. The van der Waals surface area contributed by atoms with Gasteiger partial charge in [0.2, 0.25) is 0 Å². The van der Waals surface area contributed by atoms with E-state index in [4.69, 9.17) is 28.6 Å². The lowest BCUT2D eigenvalue weighted by Crippen LogP contribution is -1.98. The second kappa shape index (κ2) is 4.92. The van der Waals surface area contributed by atoms with Crippen molar-refractivity contribution in [2.75, 3.05) is 7.11 Å². The first-order valence-corrected chi connectivity index (χ1v) is 6.63. The molecule has 0 spiro atoms. The summed E-state index contributed by atoms with van der Waals surface area (Å²) < 4.78 is 21.0. The molecule has 0 aliphatic carbocycles. The standard InChI is InChI=1S/C14H10ClFN2OS/c1-19-13-5-2-8(15)6-12(13)18-11-7-9(16)3-4-10(11)17-14(18)20/h2-7H,1H3,(H,17,20). The number of imidazole rings is 1. The number of nitrogens with zero attached hydrogens (tertiary/aromatic N) is 1. The molecule has 0 saturated heterocycles. The van der Waals surface area contributed by atoms with Crippen LogP contribution < -0.4 is 4.74 Å². The van der Waals surface area contributed by atoms with Crippen LogP contribution in [0, 0.1) is 10.6 Å². The van der Waals surface area contributed by atoms with Crippen molar-refractivity contribution < 1.29 is 9.13 Å². The van der Waals surface area contributed by atoms with E-state index in [-0.39, 0.29) is 5.82 Å². The molecule has 1 heterocycles. The molecule has 1 N–H and O–H groups in total. The molecule has 3 nitrogen and oxygen atoms in total. The van der Waals surface area contributed by atoms with E-state index in [1.807, 2.05) is 0 Å². The average Bonchev–Trinajstić information content (AvgIpc) is 2.74. The quantitative estimate of drug-likeness (QED) is 0.707. The lowest BCUT2D eigenvalue weighted by Gasteiger charge is -2.10. The van der Waals surface area contributed by atoms with Crippen LogP contribution in [0.25, 0.3) is 16.7 Å². The minimum absolute atomic E-state index is 0.332. The van der Waals surface area contributed by atoms with E-state index in [1.165, 1.54) is 12.1 Å². The number of hydrogen-bond donors (Lipinski definition) is 1. The molecule has 0 bridgehead atoms. The van der Waals surface area contributed by atoms with Gasteiger partial charge in [-0.2, -0.15) is 0 Å². The van der Waals surface area contributed by atoms with Gasteiger partial charge in [0, 0.05) is 11.1 Å². The van der Waals surface area contributed by atoms with Crippen LogP contribution in [0.1, 0.15) is 0 Å². The van der Waals surface area contributed by atoms with Gasteiger partial charge in [0.1, 0.15) is 11.6 Å². The Bertz CT molecular complexity index is 856. The predicted octanol–water partition coefficient (Wildman–Crippen LogP) is 4.49. The maximum absolute atomic E-state index is 13.5. The normalized spacial score (nSPS) is 10.9. The molecule has 0 fully saturated rings. The molecule has 3 rings (SSSR count). The maximum atomic E-state index is 13.5. The number of benzene rings is 2.